The summed E-state index contributed by atoms with van der Waals surface area (Å²) < 4.78 is 27.2. The van der Waals surface area contributed by atoms with Crippen molar-refractivity contribution in [3.63, 3.8) is 0 Å². The van der Waals surface area contributed by atoms with Crippen LogP contribution in [0.4, 0.5) is 0 Å². The number of benzene rings is 1. The quantitative estimate of drug-likeness (QED) is 0.741. The fraction of sp³-hybridized carbons (Fsp3) is 0.462. The van der Waals surface area contributed by atoms with Gasteiger partial charge < -0.3 is 10.0 Å². The lowest BCUT2D eigenvalue weighted by molar-refractivity contribution is 0.0695. The van der Waals surface area contributed by atoms with Crippen LogP contribution in [0.1, 0.15) is 16.8 Å². The molecule has 21 heavy (non-hydrogen) atoms. The third-order valence-electron chi connectivity index (χ3n) is 3.48. The zero-order valence-electron chi connectivity index (χ0n) is 11.6. The van der Waals surface area contributed by atoms with Gasteiger partial charge in [0, 0.05) is 23.2 Å². The van der Waals surface area contributed by atoms with E-state index in [0.717, 1.165) is 13.0 Å². The number of carbonyl (C=O) groups is 1. The maximum Gasteiger partial charge on any atom is 0.336 e. The van der Waals surface area contributed by atoms with E-state index in [2.05, 4.69) is 4.90 Å². The average molecular weight is 424 g/mol. The molecule has 8 heteroatoms. The first-order valence-corrected chi connectivity index (χ1v) is 9.06. The third kappa shape index (κ3) is 3.74. The van der Waals surface area contributed by atoms with E-state index >= 15 is 0 Å². The minimum absolute atomic E-state index is 0.0172. The van der Waals surface area contributed by atoms with E-state index in [9.17, 15) is 13.2 Å². The van der Waals surface area contributed by atoms with E-state index < -0.39 is 16.0 Å². The second-order valence-corrected chi connectivity index (χ2v) is 8.11. The fourth-order valence-electron chi connectivity index (χ4n) is 2.24. The Morgan fingerprint density at radius 1 is 1.24 bits per heavy atom. The minimum atomic E-state index is -3.64. The van der Waals surface area contributed by atoms with Crippen LogP contribution >= 0.6 is 22.6 Å². The van der Waals surface area contributed by atoms with Crippen LogP contribution in [0.5, 0.6) is 0 Å². The molecule has 1 fully saturated rings. The molecule has 1 aromatic rings. The Bertz CT molecular complexity index is 648. The van der Waals surface area contributed by atoms with Crippen LogP contribution in [-0.2, 0) is 10.0 Å². The Balaban J connectivity index is 2.35. The highest BCUT2D eigenvalue weighted by atomic mass is 127. The van der Waals surface area contributed by atoms with E-state index in [1.165, 1.54) is 22.5 Å². The van der Waals surface area contributed by atoms with E-state index in [4.69, 9.17) is 5.11 Å². The average Bonchev–Trinajstić information content (AvgIpc) is 2.63. The molecule has 1 heterocycles. The van der Waals surface area contributed by atoms with Crippen LogP contribution in [0.3, 0.4) is 0 Å². The zero-order valence-corrected chi connectivity index (χ0v) is 14.6. The number of aromatic carboxylic acids is 1. The molecule has 116 valence electrons. The Labute approximate surface area is 137 Å². The van der Waals surface area contributed by atoms with Crippen LogP contribution in [-0.4, -0.2) is 61.9 Å². The molecule has 6 nitrogen and oxygen atoms in total. The summed E-state index contributed by atoms with van der Waals surface area (Å²) in [6, 6.07) is 4.24. The Morgan fingerprint density at radius 3 is 2.62 bits per heavy atom. The number of sulfonamides is 1. The molecule has 2 rings (SSSR count). The van der Waals surface area contributed by atoms with Crippen molar-refractivity contribution in [2.24, 2.45) is 0 Å². The van der Waals surface area contributed by atoms with Crippen molar-refractivity contribution in [1.29, 1.82) is 0 Å². The van der Waals surface area contributed by atoms with Crippen LogP contribution in [0.25, 0.3) is 0 Å². The summed E-state index contributed by atoms with van der Waals surface area (Å²) in [4.78, 5) is 13.3. The topological polar surface area (TPSA) is 77.9 Å². The van der Waals surface area contributed by atoms with Crippen molar-refractivity contribution in [3.8, 4) is 0 Å². The van der Waals surface area contributed by atoms with Gasteiger partial charge >= 0.3 is 5.97 Å². The molecule has 1 aliphatic heterocycles. The van der Waals surface area contributed by atoms with Crippen molar-refractivity contribution < 1.29 is 18.3 Å². The molecule has 1 aliphatic rings. The molecule has 0 atom stereocenters. The molecular formula is C13H17IN2O4S. The summed E-state index contributed by atoms with van der Waals surface area (Å²) in [5, 5.41) is 9.13. The fourth-order valence-corrected chi connectivity index (χ4v) is 4.30. The maximum absolute atomic E-state index is 12.6. The van der Waals surface area contributed by atoms with Gasteiger partial charge in [0.1, 0.15) is 0 Å². The number of hydrogen-bond donors (Lipinski definition) is 1. The van der Waals surface area contributed by atoms with Gasteiger partial charge in [0.15, 0.2) is 0 Å². The van der Waals surface area contributed by atoms with Crippen LogP contribution in [0.15, 0.2) is 23.1 Å². The molecule has 1 N–H and O–H groups in total. The van der Waals surface area contributed by atoms with Gasteiger partial charge in [-0.15, -0.1) is 0 Å². The Morgan fingerprint density at radius 2 is 1.95 bits per heavy atom. The van der Waals surface area contributed by atoms with Crippen LogP contribution in [0.2, 0.25) is 0 Å². The summed E-state index contributed by atoms with van der Waals surface area (Å²) >= 11 is 1.89. The molecule has 0 bridgehead atoms. The van der Waals surface area contributed by atoms with Gasteiger partial charge in [0.05, 0.1) is 10.5 Å². The minimum Gasteiger partial charge on any atom is -0.478 e. The van der Waals surface area contributed by atoms with Gasteiger partial charge in [0.25, 0.3) is 0 Å². The first-order valence-electron chi connectivity index (χ1n) is 6.54. The normalized spacial score (nSPS) is 18.4. The standard InChI is InChI=1S/C13H17IN2O4S/c1-15-5-2-6-16(8-7-15)21(19,20)10-3-4-12(14)11(9-10)13(17)18/h3-4,9H,2,5-8H2,1H3,(H,17,18). The number of carboxylic acid groups (broad SMARTS) is 1. The predicted octanol–water partition coefficient (Wildman–Crippen LogP) is 1.32. The van der Waals surface area contributed by atoms with Gasteiger partial charge in [-0.2, -0.15) is 4.31 Å². The number of carboxylic acids is 1. The van der Waals surface area contributed by atoms with E-state index in [1.807, 2.05) is 29.6 Å². The molecule has 1 saturated heterocycles. The molecule has 1 aromatic carbocycles. The highest BCUT2D eigenvalue weighted by Gasteiger charge is 2.27. The van der Waals surface area contributed by atoms with Crippen molar-refractivity contribution in [1.82, 2.24) is 9.21 Å². The summed E-state index contributed by atoms with van der Waals surface area (Å²) in [6.07, 6.45) is 0.770. The van der Waals surface area contributed by atoms with Crippen molar-refractivity contribution in [2.75, 3.05) is 33.2 Å². The number of nitrogens with zero attached hydrogens (tertiary/aromatic N) is 2. The van der Waals surface area contributed by atoms with E-state index in [0.29, 0.717) is 23.2 Å². The first kappa shape index (κ1) is 16.7. The van der Waals surface area contributed by atoms with Crippen LogP contribution < -0.4 is 0 Å². The Hall–Kier alpha value is -0.710. The number of hydrogen-bond acceptors (Lipinski definition) is 4. The number of rotatable bonds is 3. The van der Waals surface area contributed by atoms with E-state index in [-0.39, 0.29) is 10.5 Å². The lowest BCUT2D eigenvalue weighted by Gasteiger charge is -2.20. The molecule has 0 aliphatic carbocycles. The van der Waals surface area contributed by atoms with Gasteiger partial charge in [-0.25, -0.2) is 13.2 Å². The summed E-state index contributed by atoms with van der Waals surface area (Å²) in [6.45, 7) is 2.42. The predicted molar refractivity (Wildman–Crippen MR) is 87.0 cm³/mol. The van der Waals surface area contributed by atoms with Crippen LogP contribution in [0, 0.1) is 3.57 Å². The second-order valence-electron chi connectivity index (χ2n) is 5.01. The lowest BCUT2D eigenvalue weighted by atomic mass is 10.2. The monoisotopic (exact) mass is 424 g/mol. The van der Waals surface area contributed by atoms with Crippen molar-refractivity contribution in [3.05, 3.63) is 27.3 Å². The van der Waals surface area contributed by atoms with Gasteiger partial charge in [-0.05, 0) is 60.8 Å². The zero-order chi connectivity index (χ0) is 15.6. The van der Waals surface area contributed by atoms with Gasteiger partial charge in [-0.1, -0.05) is 0 Å². The molecule has 0 aromatic heterocycles. The van der Waals surface area contributed by atoms with E-state index in [1.54, 1.807) is 0 Å². The molecule has 0 unspecified atom stereocenters. The second kappa shape index (κ2) is 6.59. The molecule has 0 radical (unpaired) electrons. The number of likely N-dealkylation sites (N-methyl/N-ethyl adjacent to an activating group) is 1. The lowest BCUT2D eigenvalue weighted by Crippen LogP contribution is -2.34. The highest BCUT2D eigenvalue weighted by Crippen LogP contribution is 2.22. The first-order chi connectivity index (χ1) is 9.82. The molecule has 0 saturated carbocycles. The SMILES string of the molecule is CN1CCCN(S(=O)(=O)c2ccc(I)c(C(=O)O)c2)CC1. The maximum atomic E-state index is 12.6. The third-order valence-corrected chi connectivity index (χ3v) is 6.32. The van der Waals surface area contributed by atoms with Gasteiger partial charge in [0.2, 0.25) is 10.0 Å². The summed E-state index contributed by atoms with van der Waals surface area (Å²) in [5.41, 5.74) is 0.0172. The summed E-state index contributed by atoms with van der Waals surface area (Å²) in [7, 11) is -1.68. The summed E-state index contributed by atoms with van der Waals surface area (Å²) in [5.74, 6) is -1.12. The molecule has 0 amide bonds. The van der Waals surface area contributed by atoms with Crippen molar-refractivity contribution in [2.45, 2.75) is 11.3 Å². The largest absolute Gasteiger partial charge is 0.478 e. The van der Waals surface area contributed by atoms with Crippen molar-refractivity contribution >= 4 is 38.6 Å². The smallest absolute Gasteiger partial charge is 0.336 e. The number of halogens is 1. The van der Waals surface area contributed by atoms with Gasteiger partial charge in [-0.3, -0.25) is 0 Å². The molecular weight excluding hydrogens is 407 g/mol. The highest BCUT2D eigenvalue weighted by molar-refractivity contribution is 14.1. The Kier molecular flexibility index (Phi) is 5.23. The molecule has 0 spiro atoms.